The number of halogens is 1. The highest BCUT2D eigenvalue weighted by molar-refractivity contribution is 5.78. The number of para-hydroxylation sites is 1. The van der Waals surface area contributed by atoms with Crippen LogP contribution in [0.4, 0.5) is 4.39 Å². The van der Waals surface area contributed by atoms with Gasteiger partial charge in [0.05, 0.1) is 5.52 Å². The Balaban J connectivity index is 2.49. The zero-order valence-electron chi connectivity index (χ0n) is 6.90. The lowest BCUT2D eigenvalue weighted by atomic mass is 10.2. The molecule has 0 spiro atoms. The highest BCUT2D eigenvalue weighted by atomic mass is 19.1. The minimum Gasteiger partial charge on any atom is -0.446 e. The Morgan fingerprint density at radius 3 is 2.85 bits per heavy atom. The number of rotatable bonds is 2. The molecule has 2 aromatic rings. The summed E-state index contributed by atoms with van der Waals surface area (Å²) >= 11 is 0. The van der Waals surface area contributed by atoms with Gasteiger partial charge in [-0.1, -0.05) is 18.2 Å². The van der Waals surface area contributed by atoms with Crippen molar-refractivity contribution in [2.24, 2.45) is 0 Å². The van der Waals surface area contributed by atoms with Crippen molar-refractivity contribution in [1.82, 2.24) is 4.98 Å². The number of ether oxygens (including phenoxy) is 1. The van der Waals surface area contributed by atoms with Gasteiger partial charge in [0.2, 0.25) is 12.7 Å². The fourth-order valence-corrected chi connectivity index (χ4v) is 1.18. The van der Waals surface area contributed by atoms with E-state index in [2.05, 4.69) is 9.72 Å². The number of hydrogen-bond acceptors (Lipinski definition) is 2. The molecule has 0 N–H and O–H groups in total. The van der Waals surface area contributed by atoms with Gasteiger partial charge >= 0.3 is 0 Å². The molecule has 2 nitrogen and oxygen atoms in total. The minimum absolute atomic E-state index is 0.321. The van der Waals surface area contributed by atoms with E-state index in [4.69, 9.17) is 0 Å². The number of aromatic nitrogens is 1. The van der Waals surface area contributed by atoms with Gasteiger partial charge in [0.1, 0.15) is 0 Å². The van der Waals surface area contributed by atoms with Crippen LogP contribution in [0.25, 0.3) is 10.9 Å². The Hall–Kier alpha value is -1.64. The topological polar surface area (TPSA) is 22.1 Å². The van der Waals surface area contributed by atoms with Gasteiger partial charge in [-0.05, 0) is 12.1 Å². The van der Waals surface area contributed by atoms with Gasteiger partial charge in [-0.25, -0.2) is 9.37 Å². The number of nitrogens with zero attached hydrogens (tertiary/aromatic N) is 1. The summed E-state index contributed by atoms with van der Waals surface area (Å²) in [6, 6.07) is 11.1. The number of fused-ring (bicyclic) bond motifs is 1. The average Bonchev–Trinajstić information content (AvgIpc) is 2.18. The standard InChI is InChI=1S/C10H8FNO/c11-7-13-10-6-5-8-3-1-2-4-9(8)12-10/h1-6H,7H2. The molecular formula is C10H8FNO. The summed E-state index contributed by atoms with van der Waals surface area (Å²) in [5, 5.41) is 1.02. The van der Waals surface area contributed by atoms with Crippen LogP contribution in [0.1, 0.15) is 0 Å². The fourth-order valence-electron chi connectivity index (χ4n) is 1.18. The summed E-state index contributed by atoms with van der Waals surface area (Å²) in [5.41, 5.74) is 0.813. The molecule has 3 heteroatoms. The third-order valence-corrected chi connectivity index (χ3v) is 1.78. The van der Waals surface area contributed by atoms with Crippen molar-refractivity contribution in [2.75, 3.05) is 6.86 Å². The number of alkyl halides is 1. The fraction of sp³-hybridized carbons (Fsp3) is 0.100. The summed E-state index contributed by atoms with van der Waals surface area (Å²) in [6.45, 7) is -0.842. The molecule has 1 aromatic carbocycles. The van der Waals surface area contributed by atoms with Gasteiger partial charge in [0.25, 0.3) is 0 Å². The van der Waals surface area contributed by atoms with Crippen molar-refractivity contribution >= 4 is 10.9 Å². The highest BCUT2D eigenvalue weighted by Gasteiger charge is 1.96. The van der Waals surface area contributed by atoms with Gasteiger partial charge in [-0.3, -0.25) is 0 Å². The number of benzene rings is 1. The third kappa shape index (κ3) is 1.59. The molecule has 0 aliphatic heterocycles. The second kappa shape index (κ2) is 3.39. The number of pyridine rings is 1. The van der Waals surface area contributed by atoms with Crippen LogP contribution in [0.2, 0.25) is 0 Å². The van der Waals surface area contributed by atoms with Crippen molar-refractivity contribution in [3.8, 4) is 5.88 Å². The molecule has 0 unspecified atom stereocenters. The summed E-state index contributed by atoms with van der Waals surface area (Å²) in [7, 11) is 0. The third-order valence-electron chi connectivity index (χ3n) is 1.78. The first kappa shape index (κ1) is 7.98. The van der Waals surface area contributed by atoms with E-state index in [9.17, 15) is 4.39 Å². The quantitative estimate of drug-likeness (QED) is 0.703. The first-order valence-corrected chi connectivity index (χ1v) is 3.95. The molecule has 0 bridgehead atoms. The zero-order valence-corrected chi connectivity index (χ0v) is 6.90. The van der Waals surface area contributed by atoms with E-state index in [0.29, 0.717) is 5.88 Å². The van der Waals surface area contributed by atoms with Crippen LogP contribution in [-0.2, 0) is 0 Å². The Labute approximate surface area is 75.0 Å². The molecule has 0 amide bonds. The minimum atomic E-state index is -0.842. The molecule has 13 heavy (non-hydrogen) atoms. The summed E-state index contributed by atoms with van der Waals surface area (Å²) in [5.74, 6) is 0.321. The molecule has 1 heterocycles. The zero-order chi connectivity index (χ0) is 9.10. The van der Waals surface area contributed by atoms with Gasteiger partial charge in [-0.15, -0.1) is 0 Å². The summed E-state index contributed by atoms with van der Waals surface area (Å²) < 4.78 is 16.5. The van der Waals surface area contributed by atoms with E-state index in [1.807, 2.05) is 30.3 Å². The first-order chi connectivity index (χ1) is 6.40. The van der Waals surface area contributed by atoms with Crippen LogP contribution >= 0.6 is 0 Å². The maximum atomic E-state index is 11.8. The van der Waals surface area contributed by atoms with Crippen molar-refractivity contribution in [3.63, 3.8) is 0 Å². The monoisotopic (exact) mass is 177 g/mol. The average molecular weight is 177 g/mol. The molecule has 0 radical (unpaired) electrons. The van der Waals surface area contributed by atoms with Crippen molar-refractivity contribution in [3.05, 3.63) is 36.4 Å². The predicted molar refractivity (Wildman–Crippen MR) is 48.3 cm³/mol. The maximum Gasteiger partial charge on any atom is 0.230 e. The van der Waals surface area contributed by atoms with Crippen molar-refractivity contribution in [1.29, 1.82) is 0 Å². The largest absolute Gasteiger partial charge is 0.446 e. The molecule has 1 aromatic heterocycles. The van der Waals surface area contributed by atoms with E-state index in [1.54, 1.807) is 6.07 Å². The van der Waals surface area contributed by atoms with Gasteiger partial charge in [0, 0.05) is 11.5 Å². The smallest absolute Gasteiger partial charge is 0.230 e. The molecule has 0 aliphatic rings. The van der Waals surface area contributed by atoms with Crippen LogP contribution in [-0.4, -0.2) is 11.8 Å². The summed E-state index contributed by atoms with van der Waals surface area (Å²) in [6.07, 6.45) is 0. The molecule has 0 aliphatic carbocycles. The van der Waals surface area contributed by atoms with Crippen LogP contribution < -0.4 is 4.74 Å². The van der Waals surface area contributed by atoms with E-state index >= 15 is 0 Å². The van der Waals surface area contributed by atoms with Gasteiger partial charge in [0.15, 0.2) is 0 Å². The highest BCUT2D eigenvalue weighted by Crippen LogP contribution is 2.15. The van der Waals surface area contributed by atoms with E-state index in [1.165, 1.54) is 0 Å². The lowest BCUT2D eigenvalue weighted by Crippen LogP contribution is -1.92. The van der Waals surface area contributed by atoms with E-state index < -0.39 is 6.86 Å². The lowest BCUT2D eigenvalue weighted by molar-refractivity contribution is 0.185. The number of hydrogen-bond donors (Lipinski definition) is 0. The van der Waals surface area contributed by atoms with Crippen LogP contribution in [0, 0.1) is 0 Å². The second-order valence-electron chi connectivity index (χ2n) is 2.60. The Kier molecular flexibility index (Phi) is 2.08. The van der Waals surface area contributed by atoms with Gasteiger partial charge < -0.3 is 4.74 Å². The van der Waals surface area contributed by atoms with E-state index in [-0.39, 0.29) is 0 Å². The van der Waals surface area contributed by atoms with Crippen molar-refractivity contribution < 1.29 is 9.13 Å². The van der Waals surface area contributed by atoms with Crippen LogP contribution in [0.3, 0.4) is 0 Å². The molecule has 0 saturated heterocycles. The Morgan fingerprint density at radius 2 is 2.00 bits per heavy atom. The maximum absolute atomic E-state index is 11.8. The SMILES string of the molecule is FCOc1ccc2ccccc2n1. The van der Waals surface area contributed by atoms with Crippen LogP contribution in [0.15, 0.2) is 36.4 Å². The Morgan fingerprint density at radius 1 is 1.15 bits per heavy atom. The second-order valence-corrected chi connectivity index (χ2v) is 2.60. The summed E-state index contributed by atoms with van der Waals surface area (Å²) in [4.78, 5) is 4.10. The van der Waals surface area contributed by atoms with Crippen molar-refractivity contribution in [2.45, 2.75) is 0 Å². The molecule has 2 rings (SSSR count). The molecule has 0 saturated carbocycles. The molecule has 0 atom stereocenters. The predicted octanol–water partition coefficient (Wildman–Crippen LogP) is 2.54. The molecular weight excluding hydrogens is 169 g/mol. The first-order valence-electron chi connectivity index (χ1n) is 3.95. The normalized spacial score (nSPS) is 10.2. The van der Waals surface area contributed by atoms with Gasteiger partial charge in [-0.2, -0.15) is 0 Å². The molecule has 0 fully saturated rings. The lowest BCUT2D eigenvalue weighted by Gasteiger charge is -2.01. The Bertz CT molecular complexity index is 416. The molecule has 66 valence electrons. The van der Waals surface area contributed by atoms with E-state index in [0.717, 1.165) is 10.9 Å². The van der Waals surface area contributed by atoms with Crippen LogP contribution in [0.5, 0.6) is 5.88 Å².